The number of hydrogen-bond donors (Lipinski definition) is 1. The van der Waals surface area contributed by atoms with Crippen molar-refractivity contribution in [1.82, 2.24) is 9.78 Å². The number of furan rings is 1. The van der Waals surface area contributed by atoms with Crippen LogP contribution in [0.25, 0.3) is 0 Å². The zero-order valence-corrected chi connectivity index (χ0v) is 21.9. The van der Waals surface area contributed by atoms with Gasteiger partial charge in [0.1, 0.15) is 18.1 Å². The Hall–Kier alpha value is -4.01. The summed E-state index contributed by atoms with van der Waals surface area (Å²) in [6.07, 6.45) is -4.42. The molecule has 1 amide bonds. The molecule has 0 saturated heterocycles. The van der Waals surface area contributed by atoms with Gasteiger partial charge in [-0.05, 0) is 66.8 Å². The third-order valence-electron chi connectivity index (χ3n) is 6.19. The van der Waals surface area contributed by atoms with Crippen molar-refractivity contribution in [2.24, 2.45) is 0 Å². The fourth-order valence-electron chi connectivity index (χ4n) is 4.01. The molecule has 0 saturated carbocycles. The number of rotatable bonds is 7. The first kappa shape index (κ1) is 27.0. The molecule has 38 heavy (non-hydrogen) atoms. The largest absolute Gasteiger partial charge is 0.486 e. The summed E-state index contributed by atoms with van der Waals surface area (Å²) in [5, 5.41) is 7.21. The number of ether oxygens (including phenoxy) is 1. The molecule has 0 fully saturated rings. The average molecular weight is 526 g/mol. The topological polar surface area (TPSA) is 69.3 Å². The Morgan fingerprint density at radius 3 is 2.37 bits per heavy atom. The van der Waals surface area contributed by atoms with Crippen LogP contribution in [0.3, 0.4) is 0 Å². The third kappa shape index (κ3) is 6.27. The van der Waals surface area contributed by atoms with Crippen LogP contribution in [0.4, 0.5) is 18.9 Å². The van der Waals surface area contributed by atoms with E-state index in [4.69, 9.17) is 9.15 Å². The van der Waals surface area contributed by atoms with E-state index in [-0.39, 0.29) is 24.3 Å². The van der Waals surface area contributed by atoms with E-state index in [0.29, 0.717) is 34.1 Å². The van der Waals surface area contributed by atoms with Gasteiger partial charge in [-0.1, -0.05) is 45.0 Å². The Kier molecular flexibility index (Phi) is 7.40. The number of hydrogen-bond acceptors (Lipinski definition) is 4. The van der Waals surface area contributed by atoms with Crippen LogP contribution in [0.15, 0.2) is 65.1 Å². The molecule has 9 heteroatoms. The number of aromatic nitrogens is 2. The minimum atomic E-state index is -4.42. The summed E-state index contributed by atoms with van der Waals surface area (Å²) in [5.74, 6) is 0.829. The van der Waals surface area contributed by atoms with Gasteiger partial charge in [0.2, 0.25) is 0 Å². The van der Waals surface area contributed by atoms with Crippen molar-refractivity contribution in [2.75, 3.05) is 5.32 Å². The highest BCUT2D eigenvalue weighted by Crippen LogP contribution is 2.30. The Morgan fingerprint density at radius 1 is 1.00 bits per heavy atom. The van der Waals surface area contributed by atoms with Crippen LogP contribution in [-0.4, -0.2) is 15.7 Å². The third-order valence-corrected chi connectivity index (χ3v) is 6.19. The van der Waals surface area contributed by atoms with E-state index in [1.54, 1.807) is 36.7 Å². The van der Waals surface area contributed by atoms with Gasteiger partial charge in [0, 0.05) is 0 Å². The first-order valence-electron chi connectivity index (χ1n) is 12.1. The highest BCUT2D eigenvalue weighted by molar-refractivity contribution is 6.02. The van der Waals surface area contributed by atoms with Gasteiger partial charge in [0.25, 0.3) is 5.91 Å². The van der Waals surface area contributed by atoms with Crippen LogP contribution in [0.2, 0.25) is 0 Å². The highest BCUT2D eigenvalue weighted by atomic mass is 19.4. The summed E-state index contributed by atoms with van der Waals surface area (Å²) in [5.41, 5.74) is 2.61. The molecule has 0 spiro atoms. The van der Waals surface area contributed by atoms with Crippen LogP contribution >= 0.6 is 0 Å². The number of alkyl halides is 3. The summed E-state index contributed by atoms with van der Waals surface area (Å²) < 4.78 is 52.2. The van der Waals surface area contributed by atoms with Gasteiger partial charge < -0.3 is 14.5 Å². The van der Waals surface area contributed by atoms with Crippen LogP contribution in [0.5, 0.6) is 5.75 Å². The molecule has 0 aliphatic rings. The number of carbonyl (C=O) groups excluding carboxylic acids is 1. The molecule has 0 atom stereocenters. The fourth-order valence-corrected chi connectivity index (χ4v) is 4.01. The molecule has 1 N–H and O–H groups in total. The summed E-state index contributed by atoms with van der Waals surface area (Å²) in [6, 6.07) is 16.2. The monoisotopic (exact) mass is 525 g/mol. The molecule has 0 radical (unpaired) electrons. The van der Waals surface area contributed by atoms with Gasteiger partial charge in [-0.15, -0.1) is 0 Å². The number of nitrogens with one attached hydrogen (secondary N) is 1. The number of nitrogens with zero attached hydrogens (tertiary/aromatic N) is 2. The lowest BCUT2D eigenvalue weighted by atomic mass is 9.87. The molecule has 6 nitrogen and oxygen atoms in total. The lowest BCUT2D eigenvalue weighted by molar-refractivity contribution is -0.137. The number of halogens is 3. The molecular formula is C29H30F3N3O3. The maximum absolute atomic E-state index is 13.1. The summed E-state index contributed by atoms with van der Waals surface area (Å²) >= 11 is 0. The van der Waals surface area contributed by atoms with Gasteiger partial charge in [-0.25, -0.2) is 0 Å². The number of aryl methyl sites for hydroxylation is 1. The molecule has 0 aliphatic carbocycles. The van der Waals surface area contributed by atoms with Crippen molar-refractivity contribution >= 4 is 11.6 Å². The van der Waals surface area contributed by atoms with Gasteiger partial charge in [-0.3, -0.25) is 9.48 Å². The van der Waals surface area contributed by atoms with E-state index in [1.807, 2.05) is 24.3 Å². The Morgan fingerprint density at radius 2 is 1.71 bits per heavy atom. The van der Waals surface area contributed by atoms with E-state index >= 15 is 0 Å². The molecule has 2 heterocycles. The van der Waals surface area contributed by atoms with Crippen molar-refractivity contribution < 1.29 is 27.1 Å². The molecule has 0 bridgehead atoms. The minimum Gasteiger partial charge on any atom is -0.486 e. The van der Waals surface area contributed by atoms with Crippen LogP contribution in [0, 0.1) is 13.8 Å². The van der Waals surface area contributed by atoms with E-state index < -0.39 is 17.6 Å². The van der Waals surface area contributed by atoms with E-state index in [9.17, 15) is 18.0 Å². The first-order chi connectivity index (χ1) is 17.8. The molecule has 4 rings (SSSR count). The molecule has 2 aromatic heterocycles. The lowest BCUT2D eigenvalue weighted by Gasteiger charge is -2.19. The minimum absolute atomic E-state index is 0.0488. The first-order valence-corrected chi connectivity index (χ1v) is 12.1. The molecular weight excluding hydrogens is 495 g/mol. The summed E-state index contributed by atoms with van der Waals surface area (Å²) in [7, 11) is 0. The van der Waals surface area contributed by atoms with Crippen molar-refractivity contribution in [3.8, 4) is 5.75 Å². The second-order valence-electron chi connectivity index (χ2n) is 10.2. The molecule has 0 aliphatic heterocycles. The number of amides is 1. The summed E-state index contributed by atoms with van der Waals surface area (Å²) in [4.78, 5) is 12.9. The normalized spacial score (nSPS) is 12.0. The SMILES string of the molecule is Cc1nn(Cc2cccc(C(F)(F)F)c2)c(C)c1NC(=O)c1ccc(COc2ccc(C(C)(C)C)cc2)o1. The van der Waals surface area contributed by atoms with Crippen molar-refractivity contribution in [2.45, 2.75) is 59.4 Å². The highest BCUT2D eigenvalue weighted by Gasteiger charge is 2.30. The standard InChI is InChI=1S/C29H30F3N3O3/c1-18-26(19(2)35(34-18)16-20-7-6-8-22(15-20)29(30,31)32)33-27(36)25-14-13-24(38-25)17-37-23-11-9-21(10-12-23)28(3,4)5/h6-15H,16-17H2,1-5H3,(H,33,36). The number of benzene rings is 2. The Balaban J connectivity index is 1.40. The van der Waals surface area contributed by atoms with Crippen molar-refractivity contribution in [3.63, 3.8) is 0 Å². The van der Waals surface area contributed by atoms with E-state index in [0.717, 1.165) is 12.1 Å². The van der Waals surface area contributed by atoms with Gasteiger partial charge in [0.05, 0.1) is 29.2 Å². The Bertz CT molecular complexity index is 1430. The lowest BCUT2D eigenvalue weighted by Crippen LogP contribution is -2.13. The van der Waals surface area contributed by atoms with Gasteiger partial charge in [0.15, 0.2) is 5.76 Å². The second-order valence-corrected chi connectivity index (χ2v) is 10.2. The molecule has 0 unspecified atom stereocenters. The van der Waals surface area contributed by atoms with E-state index in [2.05, 4.69) is 31.2 Å². The van der Waals surface area contributed by atoms with Crippen molar-refractivity contribution in [3.05, 3.63) is 100 Å². The zero-order valence-electron chi connectivity index (χ0n) is 21.9. The van der Waals surface area contributed by atoms with Gasteiger partial charge in [-0.2, -0.15) is 18.3 Å². The quantitative estimate of drug-likeness (QED) is 0.275. The summed E-state index contributed by atoms with van der Waals surface area (Å²) in [6.45, 7) is 10.2. The number of carbonyl (C=O) groups is 1. The van der Waals surface area contributed by atoms with Crippen LogP contribution in [-0.2, 0) is 24.7 Å². The maximum Gasteiger partial charge on any atom is 0.416 e. The fraction of sp³-hybridized carbons (Fsp3) is 0.310. The predicted octanol–water partition coefficient (Wildman–Crippen LogP) is 7.29. The average Bonchev–Trinajstić information content (AvgIpc) is 3.43. The van der Waals surface area contributed by atoms with Crippen LogP contribution < -0.4 is 10.1 Å². The second kappa shape index (κ2) is 10.4. The molecule has 200 valence electrons. The number of anilines is 1. The van der Waals surface area contributed by atoms with Crippen molar-refractivity contribution in [1.29, 1.82) is 0 Å². The maximum atomic E-state index is 13.1. The smallest absolute Gasteiger partial charge is 0.416 e. The van der Waals surface area contributed by atoms with Gasteiger partial charge >= 0.3 is 6.18 Å². The zero-order chi connectivity index (χ0) is 27.7. The molecule has 2 aromatic carbocycles. The van der Waals surface area contributed by atoms with E-state index in [1.165, 1.54) is 11.6 Å². The molecule has 4 aromatic rings. The Labute approximate surface area is 219 Å². The van der Waals surface area contributed by atoms with Crippen LogP contribution in [0.1, 0.15) is 65.2 Å². The predicted molar refractivity (Wildman–Crippen MR) is 138 cm³/mol.